The molecule has 29 heavy (non-hydrogen) atoms. The van der Waals surface area contributed by atoms with E-state index in [9.17, 15) is 9.90 Å². The first-order valence-corrected chi connectivity index (χ1v) is 9.60. The molecule has 4 aromatic rings. The van der Waals surface area contributed by atoms with Crippen LogP contribution in [0.25, 0.3) is 27.7 Å². The summed E-state index contributed by atoms with van der Waals surface area (Å²) >= 11 is 0. The number of anilines is 1. The van der Waals surface area contributed by atoms with Crippen molar-refractivity contribution in [3.05, 3.63) is 47.8 Å². The van der Waals surface area contributed by atoms with Crippen LogP contribution >= 0.6 is 0 Å². The number of hydrogen-bond donors (Lipinski definition) is 1. The number of nitrogens with zero attached hydrogens (tertiary/aromatic N) is 5. The van der Waals surface area contributed by atoms with Crippen LogP contribution in [0, 0.1) is 5.82 Å². The van der Waals surface area contributed by atoms with E-state index in [0.717, 1.165) is 31.6 Å². The highest BCUT2D eigenvalue weighted by molar-refractivity contribution is 6.02. The van der Waals surface area contributed by atoms with Crippen LogP contribution in [0.3, 0.4) is 0 Å². The van der Waals surface area contributed by atoms with E-state index in [2.05, 4.69) is 21.9 Å². The zero-order valence-corrected chi connectivity index (χ0v) is 16.0. The van der Waals surface area contributed by atoms with Crippen molar-refractivity contribution >= 4 is 39.5 Å². The minimum atomic E-state index is -1.10. The van der Waals surface area contributed by atoms with E-state index in [4.69, 9.17) is 0 Å². The van der Waals surface area contributed by atoms with E-state index in [-0.39, 0.29) is 5.56 Å². The zero-order valence-electron chi connectivity index (χ0n) is 16.0. The molecule has 4 heterocycles. The second-order valence-electron chi connectivity index (χ2n) is 7.47. The van der Waals surface area contributed by atoms with Crippen molar-refractivity contribution in [1.82, 2.24) is 19.3 Å². The molecule has 1 aliphatic heterocycles. The lowest BCUT2D eigenvalue weighted by molar-refractivity contribution is 0.0698. The van der Waals surface area contributed by atoms with Gasteiger partial charge in [-0.15, -0.1) is 0 Å². The Kier molecular flexibility index (Phi) is 4.09. The van der Waals surface area contributed by atoms with Gasteiger partial charge >= 0.3 is 5.97 Å². The molecule has 1 aromatic carbocycles. The number of halogens is 1. The lowest BCUT2D eigenvalue weighted by atomic mass is 10.2. The van der Waals surface area contributed by atoms with Crippen molar-refractivity contribution in [1.29, 1.82) is 0 Å². The SMILES string of the molecule is CN1CCCN(c2nc3c(cc2F)cc(C(=O)O)c2nc4ccccc4n23)CC1. The predicted molar refractivity (Wildman–Crippen MR) is 109 cm³/mol. The van der Waals surface area contributed by atoms with Gasteiger partial charge in [0.1, 0.15) is 11.2 Å². The van der Waals surface area contributed by atoms with Gasteiger partial charge in [0.05, 0.1) is 11.0 Å². The fraction of sp³-hybridized carbons (Fsp3) is 0.286. The van der Waals surface area contributed by atoms with Gasteiger partial charge in [-0.2, -0.15) is 0 Å². The molecule has 5 rings (SSSR count). The van der Waals surface area contributed by atoms with E-state index < -0.39 is 11.8 Å². The molecule has 3 aromatic heterocycles. The summed E-state index contributed by atoms with van der Waals surface area (Å²) in [7, 11) is 2.06. The fourth-order valence-electron chi connectivity index (χ4n) is 4.05. The number of aromatic nitrogens is 3. The maximum absolute atomic E-state index is 15.0. The largest absolute Gasteiger partial charge is 0.478 e. The molecule has 0 spiro atoms. The third-order valence-electron chi connectivity index (χ3n) is 5.53. The van der Waals surface area contributed by atoms with Gasteiger partial charge in [-0.05, 0) is 44.3 Å². The molecule has 1 saturated heterocycles. The quantitative estimate of drug-likeness (QED) is 0.564. The van der Waals surface area contributed by atoms with Gasteiger partial charge in [-0.1, -0.05) is 12.1 Å². The van der Waals surface area contributed by atoms with E-state index in [0.29, 0.717) is 34.6 Å². The maximum Gasteiger partial charge on any atom is 0.339 e. The molecule has 0 amide bonds. The zero-order chi connectivity index (χ0) is 20.1. The lowest BCUT2D eigenvalue weighted by Crippen LogP contribution is -2.30. The smallest absolute Gasteiger partial charge is 0.339 e. The van der Waals surface area contributed by atoms with Crippen molar-refractivity contribution in [2.45, 2.75) is 6.42 Å². The average molecular weight is 393 g/mol. The van der Waals surface area contributed by atoms with Gasteiger partial charge in [-0.25, -0.2) is 19.2 Å². The van der Waals surface area contributed by atoms with E-state index in [1.54, 1.807) is 4.40 Å². The number of rotatable bonds is 2. The van der Waals surface area contributed by atoms with Crippen LogP contribution in [0.5, 0.6) is 0 Å². The number of imidazole rings is 1. The summed E-state index contributed by atoms with van der Waals surface area (Å²) in [5.41, 5.74) is 2.27. The van der Waals surface area contributed by atoms with Crippen LogP contribution in [-0.4, -0.2) is 63.6 Å². The summed E-state index contributed by atoms with van der Waals surface area (Å²) < 4.78 is 16.7. The highest BCUT2D eigenvalue weighted by Crippen LogP contribution is 2.29. The second-order valence-corrected chi connectivity index (χ2v) is 7.47. The Morgan fingerprint density at radius 2 is 1.90 bits per heavy atom. The minimum Gasteiger partial charge on any atom is -0.478 e. The molecule has 148 valence electrons. The number of likely N-dealkylation sites (N-methyl/N-ethyl adjacent to an activating group) is 1. The van der Waals surface area contributed by atoms with Crippen molar-refractivity contribution in [3.8, 4) is 0 Å². The summed E-state index contributed by atoms with van der Waals surface area (Å²) in [6.07, 6.45) is 0.928. The van der Waals surface area contributed by atoms with E-state index in [1.807, 2.05) is 29.2 Å². The Hall–Kier alpha value is -3.26. The number of benzene rings is 1. The highest BCUT2D eigenvalue weighted by Gasteiger charge is 2.22. The summed E-state index contributed by atoms with van der Waals surface area (Å²) in [5, 5.41) is 10.1. The Morgan fingerprint density at radius 1 is 1.07 bits per heavy atom. The maximum atomic E-state index is 15.0. The monoisotopic (exact) mass is 393 g/mol. The lowest BCUT2D eigenvalue weighted by Gasteiger charge is -2.22. The third-order valence-corrected chi connectivity index (χ3v) is 5.53. The molecule has 0 atom stereocenters. The molecular formula is C21H20FN5O2. The molecule has 1 N–H and O–H groups in total. The van der Waals surface area contributed by atoms with Gasteiger partial charge in [0.2, 0.25) is 0 Å². The number of aromatic carboxylic acids is 1. The first-order valence-electron chi connectivity index (χ1n) is 9.60. The summed E-state index contributed by atoms with van der Waals surface area (Å²) in [6, 6.07) is 10.2. The van der Waals surface area contributed by atoms with Crippen LogP contribution < -0.4 is 4.90 Å². The van der Waals surface area contributed by atoms with E-state index >= 15 is 4.39 Å². The van der Waals surface area contributed by atoms with Crippen molar-refractivity contribution in [2.24, 2.45) is 0 Å². The van der Waals surface area contributed by atoms with E-state index in [1.165, 1.54) is 12.1 Å². The van der Waals surface area contributed by atoms with Gasteiger partial charge in [-0.3, -0.25) is 4.40 Å². The standard InChI is InChI=1S/C21H20FN5O2/c1-25-7-4-8-26(10-9-25)20-15(22)12-13-11-14(21(28)29)19-23-16-5-2-3-6-17(16)27(19)18(13)24-20/h2-3,5-6,11-12H,4,7-10H2,1H3,(H,28,29). The summed E-state index contributed by atoms with van der Waals surface area (Å²) in [4.78, 5) is 25.2. The molecule has 8 heteroatoms. The Bertz CT molecular complexity index is 1270. The number of carboxylic acid groups (broad SMARTS) is 1. The molecule has 0 aliphatic carbocycles. The number of para-hydroxylation sites is 2. The van der Waals surface area contributed by atoms with Crippen molar-refractivity contribution < 1.29 is 14.3 Å². The fourth-order valence-corrected chi connectivity index (χ4v) is 4.05. The molecule has 1 aliphatic rings. The van der Waals surface area contributed by atoms with Crippen LogP contribution in [0.1, 0.15) is 16.8 Å². The second kappa shape index (κ2) is 6.66. The Morgan fingerprint density at radius 3 is 2.72 bits per heavy atom. The van der Waals surface area contributed by atoms with Gasteiger partial charge in [0, 0.05) is 25.0 Å². The number of hydrogen-bond acceptors (Lipinski definition) is 5. The van der Waals surface area contributed by atoms with Crippen LogP contribution in [0.2, 0.25) is 0 Å². The number of pyridine rings is 2. The topological polar surface area (TPSA) is 74.0 Å². The Balaban J connectivity index is 1.81. The predicted octanol–water partition coefficient (Wildman–Crippen LogP) is 3.01. The van der Waals surface area contributed by atoms with Crippen LogP contribution in [0.15, 0.2) is 36.4 Å². The van der Waals surface area contributed by atoms with Gasteiger partial charge < -0.3 is 14.9 Å². The molecular weight excluding hydrogens is 373 g/mol. The van der Waals surface area contributed by atoms with Crippen molar-refractivity contribution in [3.63, 3.8) is 0 Å². The Labute approximate surface area is 166 Å². The molecule has 0 radical (unpaired) electrons. The van der Waals surface area contributed by atoms with Crippen LogP contribution in [-0.2, 0) is 0 Å². The minimum absolute atomic E-state index is 0.0269. The number of carbonyl (C=O) groups is 1. The summed E-state index contributed by atoms with van der Waals surface area (Å²) in [6.45, 7) is 3.21. The normalized spacial score (nSPS) is 16.0. The molecule has 0 unspecified atom stereocenters. The number of carboxylic acids is 1. The molecule has 0 bridgehead atoms. The van der Waals surface area contributed by atoms with Crippen molar-refractivity contribution in [2.75, 3.05) is 38.1 Å². The molecule has 0 saturated carbocycles. The third kappa shape index (κ3) is 2.87. The van der Waals surface area contributed by atoms with Gasteiger partial charge in [0.15, 0.2) is 17.3 Å². The van der Waals surface area contributed by atoms with Gasteiger partial charge in [0.25, 0.3) is 0 Å². The molecule has 7 nitrogen and oxygen atoms in total. The number of fused-ring (bicyclic) bond motifs is 5. The molecule has 1 fully saturated rings. The first-order chi connectivity index (χ1) is 14.0. The highest BCUT2D eigenvalue weighted by atomic mass is 19.1. The first kappa shape index (κ1) is 17.8. The average Bonchev–Trinajstić information content (AvgIpc) is 2.96. The summed E-state index contributed by atoms with van der Waals surface area (Å²) in [5.74, 6) is -1.25. The van der Waals surface area contributed by atoms with Crippen LogP contribution in [0.4, 0.5) is 10.2 Å².